The van der Waals surface area contributed by atoms with Crippen molar-refractivity contribution in [2.45, 2.75) is 12.5 Å². The van der Waals surface area contributed by atoms with Crippen molar-refractivity contribution in [3.8, 4) is 0 Å². The number of hydrogen-bond donors (Lipinski definition) is 2. The van der Waals surface area contributed by atoms with Crippen LogP contribution >= 0.6 is 0 Å². The van der Waals surface area contributed by atoms with Gasteiger partial charge in [0.1, 0.15) is 6.67 Å². The highest BCUT2D eigenvalue weighted by molar-refractivity contribution is 5.76. The van der Waals surface area contributed by atoms with Crippen LogP contribution in [0.3, 0.4) is 0 Å². The molecular weight excluding hydrogens is 151 g/mol. The van der Waals surface area contributed by atoms with Crippen LogP contribution in [0.4, 0.5) is 4.39 Å². The summed E-state index contributed by atoms with van der Waals surface area (Å²) in [7, 11) is 0. The lowest BCUT2D eigenvalue weighted by atomic mass is 10.2. The molecule has 1 heterocycles. The molecule has 0 bridgehead atoms. The van der Waals surface area contributed by atoms with Gasteiger partial charge in [-0.1, -0.05) is 0 Å². The van der Waals surface area contributed by atoms with Gasteiger partial charge in [0.15, 0.2) is 0 Å². The number of carbonyl (C=O) groups is 1. The van der Waals surface area contributed by atoms with Crippen LogP contribution in [0.15, 0.2) is 0 Å². The molecule has 0 aromatic rings. The minimum absolute atomic E-state index is 0.0691. The SMILES string of the molecule is O=C1CC(OCCF)CNN1. The Kier molecular flexibility index (Phi) is 3.25. The highest BCUT2D eigenvalue weighted by Crippen LogP contribution is 2.00. The molecular formula is C6H11FN2O2. The van der Waals surface area contributed by atoms with E-state index in [2.05, 4.69) is 10.9 Å². The second kappa shape index (κ2) is 4.25. The fourth-order valence-corrected chi connectivity index (χ4v) is 0.922. The summed E-state index contributed by atoms with van der Waals surface area (Å²) in [5.41, 5.74) is 5.07. The van der Waals surface area contributed by atoms with Gasteiger partial charge in [-0.15, -0.1) is 0 Å². The van der Waals surface area contributed by atoms with E-state index >= 15 is 0 Å². The van der Waals surface area contributed by atoms with Crippen molar-refractivity contribution in [3.63, 3.8) is 0 Å². The lowest BCUT2D eigenvalue weighted by Crippen LogP contribution is -2.50. The van der Waals surface area contributed by atoms with E-state index in [1.807, 2.05) is 0 Å². The van der Waals surface area contributed by atoms with Crippen molar-refractivity contribution in [2.24, 2.45) is 0 Å². The van der Waals surface area contributed by atoms with Gasteiger partial charge in [0.2, 0.25) is 5.91 Å². The van der Waals surface area contributed by atoms with E-state index in [1.165, 1.54) is 0 Å². The van der Waals surface area contributed by atoms with Crippen molar-refractivity contribution in [3.05, 3.63) is 0 Å². The molecule has 1 atom stereocenters. The van der Waals surface area contributed by atoms with E-state index in [1.54, 1.807) is 0 Å². The van der Waals surface area contributed by atoms with Crippen LogP contribution in [-0.2, 0) is 9.53 Å². The van der Waals surface area contributed by atoms with Gasteiger partial charge in [0.05, 0.1) is 19.1 Å². The Morgan fingerprint density at radius 1 is 1.73 bits per heavy atom. The van der Waals surface area contributed by atoms with Gasteiger partial charge in [0, 0.05) is 6.54 Å². The van der Waals surface area contributed by atoms with Gasteiger partial charge < -0.3 is 4.74 Å². The Hall–Kier alpha value is -0.680. The van der Waals surface area contributed by atoms with E-state index in [-0.39, 0.29) is 18.6 Å². The van der Waals surface area contributed by atoms with Gasteiger partial charge >= 0.3 is 0 Å². The third-order valence-electron chi connectivity index (χ3n) is 1.40. The third-order valence-corrected chi connectivity index (χ3v) is 1.40. The number of ether oxygens (including phenoxy) is 1. The Labute approximate surface area is 64.1 Å². The zero-order chi connectivity index (χ0) is 8.10. The number of alkyl halides is 1. The number of hydrazine groups is 1. The second-order valence-electron chi connectivity index (χ2n) is 2.31. The van der Waals surface area contributed by atoms with E-state index in [4.69, 9.17) is 4.74 Å². The number of carbonyl (C=O) groups excluding carboxylic acids is 1. The minimum atomic E-state index is -0.502. The maximum absolute atomic E-state index is 11.6. The Bertz CT molecular complexity index is 143. The van der Waals surface area contributed by atoms with Crippen LogP contribution in [0.1, 0.15) is 6.42 Å². The lowest BCUT2D eigenvalue weighted by Gasteiger charge is -2.22. The maximum Gasteiger partial charge on any atom is 0.236 e. The fraction of sp³-hybridized carbons (Fsp3) is 0.833. The molecule has 1 aliphatic rings. The highest BCUT2D eigenvalue weighted by Gasteiger charge is 2.18. The number of hydrogen-bond acceptors (Lipinski definition) is 3. The van der Waals surface area contributed by atoms with Gasteiger partial charge in [-0.05, 0) is 0 Å². The standard InChI is InChI=1S/C6H11FN2O2/c7-1-2-11-5-3-6(10)9-8-4-5/h5,8H,1-4H2,(H,9,10). The molecule has 0 aromatic heterocycles. The lowest BCUT2D eigenvalue weighted by molar-refractivity contribution is -0.128. The monoisotopic (exact) mass is 162 g/mol. The molecule has 0 spiro atoms. The Balaban J connectivity index is 2.17. The van der Waals surface area contributed by atoms with Crippen LogP contribution in [0.5, 0.6) is 0 Å². The van der Waals surface area contributed by atoms with Crippen LogP contribution in [0, 0.1) is 0 Å². The molecule has 1 fully saturated rings. The molecule has 5 heteroatoms. The normalized spacial score (nSPS) is 24.8. The predicted octanol–water partition coefficient (Wildman–Crippen LogP) is -0.634. The number of amides is 1. The van der Waals surface area contributed by atoms with E-state index in [0.717, 1.165) is 0 Å². The summed E-state index contributed by atoms with van der Waals surface area (Å²) >= 11 is 0. The summed E-state index contributed by atoms with van der Waals surface area (Å²) in [6.07, 6.45) is 0.131. The molecule has 0 saturated carbocycles. The zero-order valence-electron chi connectivity index (χ0n) is 6.10. The first kappa shape index (κ1) is 8.42. The van der Waals surface area contributed by atoms with Crippen molar-refractivity contribution >= 4 is 5.91 Å². The Morgan fingerprint density at radius 2 is 2.55 bits per heavy atom. The number of nitrogens with one attached hydrogen (secondary N) is 2. The molecule has 0 aliphatic carbocycles. The van der Waals surface area contributed by atoms with Crippen LogP contribution in [0.25, 0.3) is 0 Å². The molecule has 0 aromatic carbocycles. The zero-order valence-corrected chi connectivity index (χ0v) is 6.10. The maximum atomic E-state index is 11.6. The van der Waals surface area contributed by atoms with Crippen molar-refractivity contribution in [2.75, 3.05) is 19.8 Å². The smallest absolute Gasteiger partial charge is 0.236 e. The molecule has 1 amide bonds. The minimum Gasteiger partial charge on any atom is -0.374 e. The van der Waals surface area contributed by atoms with Gasteiger partial charge in [-0.2, -0.15) is 0 Å². The molecule has 64 valence electrons. The molecule has 1 rings (SSSR count). The first-order chi connectivity index (χ1) is 5.33. The topological polar surface area (TPSA) is 50.4 Å². The van der Waals surface area contributed by atoms with E-state index < -0.39 is 6.67 Å². The first-order valence-electron chi connectivity index (χ1n) is 3.52. The summed E-state index contributed by atoms with van der Waals surface area (Å²) in [4.78, 5) is 10.7. The highest BCUT2D eigenvalue weighted by atomic mass is 19.1. The van der Waals surface area contributed by atoms with E-state index in [0.29, 0.717) is 13.0 Å². The van der Waals surface area contributed by atoms with Gasteiger partial charge in [-0.3, -0.25) is 10.2 Å². The van der Waals surface area contributed by atoms with Crippen molar-refractivity contribution in [1.29, 1.82) is 0 Å². The number of halogens is 1. The van der Waals surface area contributed by atoms with Crippen molar-refractivity contribution in [1.82, 2.24) is 10.9 Å². The van der Waals surface area contributed by atoms with Gasteiger partial charge in [0.25, 0.3) is 0 Å². The second-order valence-corrected chi connectivity index (χ2v) is 2.31. The molecule has 2 N–H and O–H groups in total. The quantitative estimate of drug-likeness (QED) is 0.580. The third kappa shape index (κ3) is 2.81. The molecule has 4 nitrogen and oxygen atoms in total. The summed E-state index contributed by atoms with van der Waals surface area (Å²) in [6.45, 7) is 0.115. The predicted molar refractivity (Wildman–Crippen MR) is 36.5 cm³/mol. The van der Waals surface area contributed by atoms with Gasteiger partial charge in [-0.25, -0.2) is 9.82 Å². The summed E-state index contributed by atoms with van der Waals surface area (Å²) in [5, 5.41) is 0. The molecule has 0 radical (unpaired) electrons. The number of rotatable bonds is 3. The molecule has 1 unspecified atom stereocenters. The van der Waals surface area contributed by atoms with Crippen molar-refractivity contribution < 1.29 is 13.9 Å². The largest absolute Gasteiger partial charge is 0.374 e. The summed E-state index contributed by atoms with van der Waals surface area (Å²) in [5.74, 6) is -0.111. The summed E-state index contributed by atoms with van der Waals surface area (Å²) < 4.78 is 16.6. The average molecular weight is 162 g/mol. The average Bonchev–Trinajstić information content (AvgIpc) is 2.01. The Morgan fingerprint density at radius 3 is 3.18 bits per heavy atom. The van der Waals surface area contributed by atoms with Crippen LogP contribution in [-0.4, -0.2) is 31.8 Å². The first-order valence-corrected chi connectivity index (χ1v) is 3.52. The molecule has 1 aliphatic heterocycles. The molecule has 1 saturated heterocycles. The summed E-state index contributed by atoms with van der Waals surface area (Å²) in [6, 6.07) is 0. The van der Waals surface area contributed by atoms with E-state index in [9.17, 15) is 9.18 Å². The molecule has 11 heavy (non-hydrogen) atoms. The fourth-order valence-electron chi connectivity index (χ4n) is 0.922. The van der Waals surface area contributed by atoms with Crippen LogP contribution in [0.2, 0.25) is 0 Å². The van der Waals surface area contributed by atoms with Crippen LogP contribution < -0.4 is 10.9 Å².